The van der Waals surface area contributed by atoms with E-state index in [4.69, 9.17) is 8.83 Å². The molecule has 0 unspecified atom stereocenters. The van der Waals surface area contributed by atoms with Crippen LogP contribution in [-0.2, 0) is 5.41 Å². The first-order valence-corrected chi connectivity index (χ1v) is 49.2. The number of rotatable bonds is 23. The summed E-state index contributed by atoms with van der Waals surface area (Å²) in [5.74, 6) is 0. The quantitative estimate of drug-likeness (QED) is 0.0473. The van der Waals surface area contributed by atoms with Crippen LogP contribution in [0.25, 0.3) is 221 Å². The topological polar surface area (TPSA) is 46.0 Å². The molecular formula is C125H99Br2N4O2P-2. The summed E-state index contributed by atoms with van der Waals surface area (Å²) in [6, 6.07) is 144. The predicted molar refractivity (Wildman–Crippen MR) is 578 cm³/mol. The molecule has 134 heavy (non-hydrogen) atoms. The lowest BCUT2D eigenvalue weighted by molar-refractivity contribution is 0.398. The number of halogens is 2. The zero-order chi connectivity index (χ0) is 88.8. The van der Waals surface area contributed by atoms with E-state index in [1.54, 1.807) is 11.1 Å². The summed E-state index contributed by atoms with van der Waals surface area (Å²) in [6.45, 7) is 4.65. The zero-order valence-corrected chi connectivity index (χ0v) is 79.4. The summed E-state index contributed by atoms with van der Waals surface area (Å²) in [5, 5.41) is 14.4. The van der Waals surface area contributed by atoms with Gasteiger partial charge in [0.1, 0.15) is 22.3 Å². The van der Waals surface area contributed by atoms with Gasteiger partial charge >= 0.3 is 0 Å². The lowest BCUT2D eigenvalue weighted by Gasteiger charge is -2.33. The van der Waals surface area contributed by atoms with Gasteiger partial charge in [0.15, 0.2) is 0 Å². The number of unbranched alkanes of at least 4 members (excludes halogenated alkanes) is 10. The Balaban J connectivity index is 0.000000177. The highest BCUT2D eigenvalue weighted by Gasteiger charge is 2.43. The third-order valence-corrected chi connectivity index (χ3v) is 29.8. The molecule has 0 amide bonds. The molecule has 6 heterocycles. The van der Waals surface area contributed by atoms with Gasteiger partial charge in [-0.15, -0.1) is 0 Å². The number of para-hydroxylation sites is 4. The van der Waals surface area contributed by atoms with Crippen molar-refractivity contribution >= 4 is 173 Å². The van der Waals surface area contributed by atoms with E-state index >= 15 is 0 Å². The minimum Gasteiger partial charge on any atom is -1.51 e. The fourth-order valence-electron chi connectivity index (χ4n) is 22.3. The Hall–Kier alpha value is -13.9. The summed E-state index contributed by atoms with van der Waals surface area (Å²) in [4.78, 5) is 0. The standard InChI is InChI=1S/C83H74N2O.C42H24Br2N2O.HP/c1-3-5-7-9-11-23-49-83(50-24-12-10-8-6-4-2)75-54-63(58-27-17-14-18-28-58)35-43-67(75)68-44-36-64(55-76(68)83)59-33-40-65(41-34-59)84-79-45-37-60(57-25-15-13-16-26-57)51-72(79)73-53-62(39-47-80(73)84)61-38-46-78-71(52-61)69-29-19-21-31-77(69)85(78)66-42-48-82-74(56-66)70-30-20-22-32-81(70)86-82;43-27-11-14-29(15-12-27)45-39-18-10-26(22-34(39)35-23-28(44)13-19-40(35)45)25-9-17-38-33(21-25)31-5-1-3-7-37(31)46(38)30-16-20-42-36(24-30)32-6-2-4-8-41(32)47-42;/h13-22,25-48,51-56H,3-12,23-24,49-50H2,1-2H3;1-24H;1H/q;;-2. The molecule has 24 aromatic rings. The first-order chi connectivity index (χ1) is 65.6. The number of benzene rings is 18. The van der Waals surface area contributed by atoms with Gasteiger partial charge in [0, 0.05) is 102 Å². The highest BCUT2D eigenvalue weighted by atomic mass is 79.9. The number of furan rings is 2. The van der Waals surface area contributed by atoms with Crippen LogP contribution in [0.3, 0.4) is 0 Å². The third kappa shape index (κ3) is 14.9. The van der Waals surface area contributed by atoms with Gasteiger partial charge in [-0.1, -0.05) is 323 Å². The summed E-state index contributed by atoms with van der Waals surface area (Å²) in [7, 11) is 0. The van der Waals surface area contributed by atoms with Crippen LogP contribution in [0.1, 0.15) is 115 Å². The van der Waals surface area contributed by atoms with E-state index in [0.29, 0.717) is 0 Å². The van der Waals surface area contributed by atoms with Crippen LogP contribution in [0.2, 0.25) is 0 Å². The second-order valence-electron chi connectivity index (χ2n) is 36.6. The van der Waals surface area contributed by atoms with E-state index in [0.717, 1.165) is 75.6 Å². The molecule has 6 aromatic heterocycles. The van der Waals surface area contributed by atoms with Crippen molar-refractivity contribution in [3.05, 3.63) is 408 Å². The minimum absolute atomic E-state index is 0. The largest absolute Gasteiger partial charge is 1.51 e. The predicted octanol–water partition coefficient (Wildman–Crippen LogP) is 37.8. The molecule has 1 aliphatic carbocycles. The molecule has 18 aromatic carbocycles. The Morgan fingerprint density at radius 2 is 0.493 bits per heavy atom. The average Bonchev–Trinajstić information content (AvgIpc) is 1.54. The Morgan fingerprint density at radius 1 is 0.209 bits per heavy atom. The molecule has 9 heteroatoms. The molecule has 6 nitrogen and oxygen atoms in total. The molecule has 652 valence electrons. The van der Waals surface area contributed by atoms with Gasteiger partial charge in [-0.2, -0.15) is 0 Å². The number of nitrogens with zero attached hydrogens (tertiary/aromatic N) is 4. The number of fused-ring (bicyclic) bond motifs is 21. The summed E-state index contributed by atoms with van der Waals surface area (Å²) >= 11 is 7.32. The van der Waals surface area contributed by atoms with Crippen LogP contribution in [0.5, 0.6) is 0 Å². The summed E-state index contributed by atoms with van der Waals surface area (Å²) in [5.41, 5.74) is 36.0. The van der Waals surface area contributed by atoms with E-state index in [1.807, 2.05) is 18.2 Å². The van der Waals surface area contributed by atoms with Crippen molar-refractivity contribution in [2.24, 2.45) is 0 Å². The average molecular weight is 1880 g/mol. The molecule has 25 rings (SSSR count). The van der Waals surface area contributed by atoms with Crippen molar-refractivity contribution in [3.8, 4) is 89.5 Å². The first-order valence-electron chi connectivity index (χ1n) is 47.7. The van der Waals surface area contributed by atoms with Gasteiger partial charge in [-0.25, -0.2) is 0 Å². The fraction of sp³-hybridized carbons (Fsp3) is 0.136. The molecule has 1 aliphatic rings. The Kier molecular flexibility index (Phi) is 22.4. The van der Waals surface area contributed by atoms with Crippen LogP contribution in [0, 0.1) is 0 Å². The van der Waals surface area contributed by atoms with Crippen LogP contribution in [0.15, 0.2) is 406 Å². The van der Waals surface area contributed by atoms with Gasteiger partial charge < -0.3 is 37.0 Å². The Morgan fingerprint density at radius 3 is 0.918 bits per heavy atom. The molecule has 0 fully saturated rings. The molecule has 0 spiro atoms. The summed E-state index contributed by atoms with van der Waals surface area (Å²) in [6.07, 6.45) is 18.0. The SMILES string of the molecule is Brc1ccc(-n2c3ccc(Br)cc3c3cc(-c4ccc5c(c4)c4ccccc4n5-c4ccc5oc6ccccc6c5c4)ccc32)cc1.CCCCCCCCC1(CCCCCCCC)c2cc(-c3ccccc3)ccc2-c2ccc(-c3ccc(-n4c5ccc(-c6ccccc6)cc5c5cc(-c6ccc7c(c6)c6ccccc6n7-c6ccc7oc8ccccc8c7c6)ccc54)cc3)cc21.[PH-2]. The second kappa shape index (κ2) is 35.6. The molecule has 0 N–H and O–H groups in total. The maximum Gasteiger partial charge on any atom is 0.135 e. The lowest BCUT2D eigenvalue weighted by atomic mass is 9.70. The highest BCUT2D eigenvalue weighted by molar-refractivity contribution is 9.10. The van der Waals surface area contributed by atoms with E-state index in [1.165, 1.54) is 244 Å². The fourth-order valence-corrected chi connectivity index (χ4v) is 22.9. The molecule has 0 radical (unpaired) electrons. The van der Waals surface area contributed by atoms with E-state index in [9.17, 15) is 0 Å². The third-order valence-electron chi connectivity index (χ3n) is 28.8. The highest BCUT2D eigenvalue weighted by Crippen LogP contribution is 2.57. The van der Waals surface area contributed by atoms with Crippen molar-refractivity contribution < 1.29 is 8.83 Å². The number of hydrogen-bond acceptors (Lipinski definition) is 2. The molecule has 0 bridgehead atoms. The Bertz CT molecular complexity index is 8630. The smallest absolute Gasteiger partial charge is 0.135 e. The van der Waals surface area contributed by atoms with Crippen LogP contribution >= 0.6 is 41.8 Å². The van der Waals surface area contributed by atoms with Gasteiger partial charge in [0.05, 0.1) is 44.1 Å². The van der Waals surface area contributed by atoms with Crippen LogP contribution in [-0.4, -0.2) is 18.3 Å². The van der Waals surface area contributed by atoms with E-state index in [-0.39, 0.29) is 15.3 Å². The Labute approximate surface area is 800 Å². The normalized spacial score (nSPS) is 12.4. The zero-order valence-electron chi connectivity index (χ0n) is 75.2. The number of aromatic nitrogens is 4. The van der Waals surface area contributed by atoms with Crippen molar-refractivity contribution in [2.45, 2.75) is 109 Å². The van der Waals surface area contributed by atoms with Crippen molar-refractivity contribution in [3.63, 3.8) is 0 Å². The van der Waals surface area contributed by atoms with Gasteiger partial charge in [-0.3, -0.25) is 0 Å². The minimum atomic E-state index is -0.0294. The van der Waals surface area contributed by atoms with Gasteiger partial charge in [0.2, 0.25) is 0 Å². The monoisotopic (exact) mass is 1880 g/mol. The van der Waals surface area contributed by atoms with Crippen molar-refractivity contribution in [2.75, 3.05) is 0 Å². The maximum absolute atomic E-state index is 6.26. The molecule has 0 saturated carbocycles. The van der Waals surface area contributed by atoms with Gasteiger partial charge in [0.25, 0.3) is 0 Å². The number of hydrogen-bond donors (Lipinski definition) is 0. The van der Waals surface area contributed by atoms with Crippen LogP contribution in [0.4, 0.5) is 0 Å². The van der Waals surface area contributed by atoms with Crippen LogP contribution < -0.4 is 0 Å². The van der Waals surface area contributed by atoms with Crippen molar-refractivity contribution in [1.82, 2.24) is 18.3 Å². The molecule has 0 atom stereocenters. The maximum atomic E-state index is 6.26. The van der Waals surface area contributed by atoms with E-state index in [2.05, 4.69) is 434 Å². The summed E-state index contributed by atoms with van der Waals surface area (Å²) < 4.78 is 24.2. The molecule has 0 saturated heterocycles. The molecule has 0 aliphatic heterocycles. The first kappa shape index (κ1) is 84.4. The second-order valence-corrected chi connectivity index (χ2v) is 38.5. The van der Waals surface area contributed by atoms with Gasteiger partial charge in [-0.05, 0) is 279 Å². The van der Waals surface area contributed by atoms with Crippen molar-refractivity contribution in [1.29, 1.82) is 0 Å². The molecular weight excluding hydrogens is 1780 g/mol. The lowest BCUT2D eigenvalue weighted by Crippen LogP contribution is -2.25. The van der Waals surface area contributed by atoms with E-state index < -0.39 is 0 Å².